The summed E-state index contributed by atoms with van der Waals surface area (Å²) in [5, 5.41) is 29.1. The van der Waals surface area contributed by atoms with Gasteiger partial charge in [0.25, 0.3) is 5.91 Å². The highest BCUT2D eigenvalue weighted by atomic mass is 35.5. The summed E-state index contributed by atoms with van der Waals surface area (Å²) in [6.45, 7) is -0.543. The molecule has 1 saturated heterocycles. The smallest absolute Gasteiger partial charge is 0.258 e. The zero-order chi connectivity index (χ0) is 26.3. The van der Waals surface area contributed by atoms with E-state index in [1.807, 2.05) is 12.1 Å². The Balaban J connectivity index is 1.47. The number of nitrogens with zero attached hydrogens (tertiary/aromatic N) is 5. The van der Waals surface area contributed by atoms with Gasteiger partial charge in [-0.3, -0.25) is 4.79 Å². The Bertz CT molecular complexity index is 1430. The molecule has 5 rings (SSSR count). The normalized spacial score (nSPS) is 23.9. The van der Waals surface area contributed by atoms with Crippen molar-refractivity contribution in [1.29, 1.82) is 0 Å². The minimum absolute atomic E-state index is 0.0267. The summed E-state index contributed by atoms with van der Waals surface area (Å²) >= 11 is 7.24. The molecule has 194 valence electrons. The third-order valence-electron chi connectivity index (χ3n) is 6.45. The van der Waals surface area contributed by atoms with Crippen molar-refractivity contribution >= 4 is 44.7 Å². The Kier molecular flexibility index (Phi) is 7.21. The minimum atomic E-state index is -1.28. The van der Waals surface area contributed by atoms with Gasteiger partial charge in [0.2, 0.25) is 0 Å². The van der Waals surface area contributed by atoms with Gasteiger partial charge in [0.15, 0.2) is 6.10 Å². The number of benzene rings is 2. The highest BCUT2D eigenvalue weighted by molar-refractivity contribution is 7.16. The van der Waals surface area contributed by atoms with Crippen LogP contribution in [0.4, 0.5) is 10.1 Å². The van der Waals surface area contributed by atoms with E-state index in [4.69, 9.17) is 21.1 Å². The Labute approximate surface area is 219 Å². The lowest BCUT2D eigenvalue weighted by atomic mass is 9.91. The molecule has 5 atom stereocenters. The van der Waals surface area contributed by atoms with Crippen LogP contribution < -0.4 is 4.90 Å². The van der Waals surface area contributed by atoms with Crippen LogP contribution in [0.3, 0.4) is 0 Å². The summed E-state index contributed by atoms with van der Waals surface area (Å²) < 4.78 is 27.8. The number of methoxy groups -OCH3 is 1. The number of halogens is 2. The van der Waals surface area contributed by atoms with Gasteiger partial charge in [-0.1, -0.05) is 22.9 Å². The maximum absolute atomic E-state index is 14.0. The number of aliphatic hydroxyl groups excluding tert-OH is 2. The Morgan fingerprint density at radius 3 is 2.86 bits per heavy atom. The fourth-order valence-electron chi connectivity index (χ4n) is 4.44. The fraction of sp³-hybridized carbons (Fsp3) is 0.333. The molecule has 3 heterocycles. The van der Waals surface area contributed by atoms with Crippen molar-refractivity contribution in [3.63, 3.8) is 0 Å². The van der Waals surface area contributed by atoms with E-state index in [1.165, 1.54) is 46.4 Å². The van der Waals surface area contributed by atoms with Gasteiger partial charge < -0.3 is 24.6 Å². The lowest BCUT2D eigenvalue weighted by Gasteiger charge is -2.43. The Morgan fingerprint density at radius 1 is 1.32 bits per heavy atom. The number of anilines is 1. The van der Waals surface area contributed by atoms with Gasteiger partial charge >= 0.3 is 0 Å². The number of fused-ring (bicyclic) bond motifs is 1. The van der Waals surface area contributed by atoms with Gasteiger partial charge in [0.05, 0.1) is 33.6 Å². The van der Waals surface area contributed by atoms with Crippen LogP contribution in [0.15, 0.2) is 48.1 Å². The molecule has 2 aromatic heterocycles. The van der Waals surface area contributed by atoms with Crippen LogP contribution in [-0.4, -0.2) is 81.3 Å². The first-order valence-electron chi connectivity index (χ1n) is 11.3. The van der Waals surface area contributed by atoms with E-state index in [-0.39, 0.29) is 5.02 Å². The van der Waals surface area contributed by atoms with Gasteiger partial charge in [-0.05, 0) is 30.3 Å². The molecule has 0 spiro atoms. The zero-order valence-corrected chi connectivity index (χ0v) is 21.3. The number of aromatic nitrogens is 4. The second-order valence-electron chi connectivity index (χ2n) is 8.57. The number of likely N-dealkylation sites (N-methyl/N-ethyl adjacent to an activating group) is 1. The number of thiazole rings is 1. The molecule has 0 bridgehead atoms. The lowest BCUT2D eigenvalue weighted by Crippen LogP contribution is -2.60. The SMILES string of the molecule is CO[C@@H]1[C@@H](n2cc(-c3ccc(Cl)c(F)c3)nn2)[C@@H](O)[C@@H](CO)O[C@H]1C(=O)N(C)c1ccc2ncsc2c1. The van der Waals surface area contributed by atoms with E-state index >= 15 is 0 Å². The van der Waals surface area contributed by atoms with Crippen LogP contribution in [0, 0.1) is 5.82 Å². The molecule has 4 aromatic rings. The van der Waals surface area contributed by atoms with Crippen molar-refractivity contribution in [3.05, 3.63) is 58.9 Å². The summed E-state index contributed by atoms with van der Waals surface area (Å²) in [6, 6.07) is 8.72. The maximum atomic E-state index is 14.0. The largest absolute Gasteiger partial charge is 0.394 e. The van der Waals surface area contributed by atoms with E-state index in [0.717, 1.165) is 10.2 Å². The highest BCUT2D eigenvalue weighted by Crippen LogP contribution is 2.34. The third kappa shape index (κ3) is 4.72. The van der Waals surface area contributed by atoms with Gasteiger partial charge in [0, 0.05) is 25.4 Å². The van der Waals surface area contributed by atoms with Crippen molar-refractivity contribution in [1.82, 2.24) is 20.0 Å². The summed E-state index contributed by atoms with van der Waals surface area (Å²) in [6.07, 6.45) is -3.04. The first-order valence-corrected chi connectivity index (χ1v) is 12.5. The molecular formula is C24H23ClFN5O5S. The van der Waals surface area contributed by atoms with Gasteiger partial charge in [0.1, 0.15) is 35.9 Å². The van der Waals surface area contributed by atoms with Gasteiger partial charge in [-0.15, -0.1) is 16.4 Å². The second kappa shape index (κ2) is 10.4. The van der Waals surface area contributed by atoms with E-state index < -0.39 is 48.8 Å². The molecule has 37 heavy (non-hydrogen) atoms. The topological polar surface area (TPSA) is 123 Å². The molecule has 1 amide bonds. The first-order chi connectivity index (χ1) is 17.8. The van der Waals surface area contributed by atoms with Crippen molar-refractivity contribution in [3.8, 4) is 11.3 Å². The quantitative estimate of drug-likeness (QED) is 0.378. The molecule has 0 radical (unpaired) electrons. The lowest BCUT2D eigenvalue weighted by molar-refractivity contribution is -0.211. The minimum Gasteiger partial charge on any atom is -0.394 e. The molecule has 0 saturated carbocycles. The number of ether oxygens (including phenoxy) is 2. The van der Waals surface area contributed by atoms with E-state index in [1.54, 1.807) is 24.7 Å². The van der Waals surface area contributed by atoms with Crippen molar-refractivity contribution in [2.24, 2.45) is 0 Å². The summed E-state index contributed by atoms with van der Waals surface area (Å²) in [5.41, 5.74) is 3.92. The number of rotatable bonds is 6. The van der Waals surface area contributed by atoms with Crippen LogP contribution in [-0.2, 0) is 14.3 Å². The average Bonchev–Trinajstić information content (AvgIpc) is 3.58. The number of aliphatic hydroxyl groups is 2. The van der Waals surface area contributed by atoms with Gasteiger partial charge in [-0.25, -0.2) is 14.1 Å². The maximum Gasteiger partial charge on any atom is 0.258 e. The van der Waals surface area contributed by atoms with Crippen molar-refractivity contribution in [2.75, 3.05) is 25.7 Å². The van der Waals surface area contributed by atoms with Crippen LogP contribution in [0.25, 0.3) is 21.5 Å². The predicted molar refractivity (Wildman–Crippen MR) is 135 cm³/mol. The van der Waals surface area contributed by atoms with Crippen LogP contribution in [0.5, 0.6) is 0 Å². The first kappa shape index (κ1) is 25.6. The average molecular weight is 548 g/mol. The molecular weight excluding hydrogens is 525 g/mol. The molecule has 1 aliphatic heterocycles. The summed E-state index contributed by atoms with van der Waals surface area (Å²) in [5.74, 6) is -1.05. The fourth-order valence-corrected chi connectivity index (χ4v) is 5.27. The van der Waals surface area contributed by atoms with E-state index in [0.29, 0.717) is 16.9 Å². The summed E-state index contributed by atoms with van der Waals surface area (Å²) in [4.78, 5) is 19.3. The number of carbonyl (C=O) groups is 1. The standard InChI is InChI=1S/C24H23ClFN5O5S/c1-30(13-4-6-16-19(8-13)37-11-27-16)24(34)23-22(35-2)20(21(33)18(10-32)36-23)31-9-17(28-29-31)12-3-5-14(25)15(26)7-12/h3-9,11,18,20-23,32-33H,10H2,1-2H3/t18-,20+,21+,22-,23-/m1/s1. The molecule has 0 unspecified atom stereocenters. The number of hydrogen-bond donors (Lipinski definition) is 2. The monoisotopic (exact) mass is 547 g/mol. The molecule has 10 nitrogen and oxygen atoms in total. The van der Waals surface area contributed by atoms with Crippen LogP contribution in [0.2, 0.25) is 5.02 Å². The van der Waals surface area contributed by atoms with Crippen molar-refractivity contribution in [2.45, 2.75) is 30.5 Å². The molecule has 0 aliphatic carbocycles. The number of carbonyl (C=O) groups excluding carboxylic acids is 1. The zero-order valence-electron chi connectivity index (χ0n) is 19.7. The Morgan fingerprint density at radius 2 is 2.14 bits per heavy atom. The van der Waals surface area contributed by atoms with Gasteiger partial charge in [-0.2, -0.15) is 0 Å². The molecule has 2 N–H and O–H groups in total. The van der Waals surface area contributed by atoms with Crippen LogP contribution >= 0.6 is 22.9 Å². The Hall–Kier alpha value is -3.00. The highest BCUT2D eigenvalue weighted by Gasteiger charge is 2.50. The molecule has 2 aromatic carbocycles. The predicted octanol–water partition coefficient (Wildman–Crippen LogP) is 2.69. The summed E-state index contributed by atoms with van der Waals surface area (Å²) in [7, 11) is 3.00. The van der Waals surface area contributed by atoms with Crippen molar-refractivity contribution < 1.29 is 28.9 Å². The number of hydrogen-bond acceptors (Lipinski definition) is 9. The number of amides is 1. The molecule has 1 aliphatic rings. The molecule has 13 heteroatoms. The third-order valence-corrected chi connectivity index (χ3v) is 7.54. The van der Waals surface area contributed by atoms with E-state index in [9.17, 15) is 19.4 Å². The van der Waals surface area contributed by atoms with E-state index in [2.05, 4.69) is 15.3 Å². The van der Waals surface area contributed by atoms with Crippen LogP contribution in [0.1, 0.15) is 6.04 Å². The molecule has 1 fully saturated rings. The second-order valence-corrected chi connectivity index (χ2v) is 9.87.